The number of carbonyl (C=O) groups excluding carboxylic acids is 1. The summed E-state index contributed by atoms with van der Waals surface area (Å²) in [5, 5.41) is 15.4. The highest BCUT2D eigenvalue weighted by molar-refractivity contribution is 6.41. The molecule has 3 rings (SSSR count). The van der Waals surface area contributed by atoms with Crippen LogP contribution in [0.15, 0.2) is 54.7 Å². The van der Waals surface area contributed by atoms with Gasteiger partial charge in [0.05, 0.1) is 32.4 Å². The first kappa shape index (κ1) is 22.6. The number of halogens is 3. The van der Waals surface area contributed by atoms with Crippen molar-refractivity contribution in [1.82, 2.24) is 10.4 Å². The summed E-state index contributed by atoms with van der Waals surface area (Å²) in [6.07, 6.45) is 1.64. The molecule has 1 atom stereocenters. The van der Waals surface area contributed by atoms with Crippen LogP contribution in [-0.2, 0) is 0 Å². The van der Waals surface area contributed by atoms with Gasteiger partial charge in [0.1, 0.15) is 5.69 Å². The second-order valence-electron chi connectivity index (χ2n) is 6.43. The molecular formula is C20H16Cl3N5O3. The molecule has 0 saturated heterocycles. The van der Waals surface area contributed by atoms with Gasteiger partial charge in [-0.3, -0.25) is 30.7 Å². The van der Waals surface area contributed by atoms with Gasteiger partial charge in [0.25, 0.3) is 11.6 Å². The van der Waals surface area contributed by atoms with Gasteiger partial charge in [-0.15, -0.1) is 0 Å². The smallest absolute Gasteiger partial charge is 0.293 e. The van der Waals surface area contributed by atoms with Gasteiger partial charge in [-0.25, -0.2) is 0 Å². The molecule has 0 bridgehead atoms. The quantitative estimate of drug-likeness (QED) is 0.288. The highest BCUT2D eigenvalue weighted by Crippen LogP contribution is 2.33. The number of hydrogen-bond acceptors (Lipinski definition) is 6. The van der Waals surface area contributed by atoms with Crippen LogP contribution in [0.4, 0.5) is 17.1 Å². The maximum absolute atomic E-state index is 12.5. The summed E-state index contributed by atoms with van der Waals surface area (Å²) in [7, 11) is 0. The number of nitro benzene ring substituents is 1. The van der Waals surface area contributed by atoms with Crippen LogP contribution in [0.1, 0.15) is 29.0 Å². The van der Waals surface area contributed by atoms with E-state index in [4.69, 9.17) is 34.8 Å². The van der Waals surface area contributed by atoms with Crippen LogP contribution in [0.5, 0.6) is 0 Å². The molecule has 3 aromatic rings. The number of benzene rings is 2. The Morgan fingerprint density at radius 1 is 1.10 bits per heavy atom. The third kappa shape index (κ3) is 5.55. The molecule has 0 radical (unpaired) electrons. The third-order valence-electron chi connectivity index (χ3n) is 4.27. The van der Waals surface area contributed by atoms with Crippen LogP contribution in [0.3, 0.4) is 0 Å². The van der Waals surface area contributed by atoms with Gasteiger partial charge in [-0.05, 0) is 43.3 Å². The third-order valence-corrected chi connectivity index (χ3v) is 5.08. The number of aromatic nitrogens is 1. The lowest BCUT2D eigenvalue weighted by Gasteiger charge is -2.15. The van der Waals surface area contributed by atoms with Gasteiger partial charge in [0.15, 0.2) is 0 Å². The van der Waals surface area contributed by atoms with Crippen LogP contribution in [0.2, 0.25) is 15.1 Å². The van der Waals surface area contributed by atoms with Crippen molar-refractivity contribution in [3.8, 4) is 0 Å². The normalized spacial score (nSPS) is 11.5. The number of amides is 1. The maximum Gasteiger partial charge on any atom is 0.293 e. The molecule has 3 N–H and O–H groups in total. The van der Waals surface area contributed by atoms with Crippen molar-refractivity contribution in [2.75, 3.05) is 10.7 Å². The number of nitrogens with one attached hydrogen (secondary N) is 3. The van der Waals surface area contributed by atoms with Gasteiger partial charge in [0.2, 0.25) is 0 Å². The molecule has 0 saturated carbocycles. The largest absolute Gasteiger partial charge is 0.371 e. The van der Waals surface area contributed by atoms with E-state index in [2.05, 4.69) is 21.2 Å². The lowest BCUT2D eigenvalue weighted by atomic mass is 10.1. The molecule has 0 spiro atoms. The summed E-state index contributed by atoms with van der Waals surface area (Å²) in [6.45, 7) is 1.83. The standard InChI is InChI=1S/C20H16Cl3N5O3/c1-11(16-4-2-3-7-24-16)25-17-6-5-12(8-18(17)28(30)31)20(29)27-26-19-14(22)9-13(21)10-15(19)23/h2-11,25-26H,1H3,(H,27,29). The molecule has 11 heteroatoms. The number of rotatable bonds is 7. The highest BCUT2D eigenvalue weighted by atomic mass is 35.5. The Balaban J connectivity index is 1.77. The van der Waals surface area contributed by atoms with E-state index in [0.29, 0.717) is 5.02 Å². The Morgan fingerprint density at radius 2 is 1.81 bits per heavy atom. The number of nitrogens with zero attached hydrogens (tertiary/aromatic N) is 2. The summed E-state index contributed by atoms with van der Waals surface area (Å²) >= 11 is 18.0. The average molecular weight is 481 g/mol. The van der Waals surface area contributed by atoms with Crippen LogP contribution in [-0.4, -0.2) is 15.8 Å². The molecule has 1 heterocycles. The summed E-state index contributed by atoms with van der Waals surface area (Å²) in [5.74, 6) is -0.616. The molecular weight excluding hydrogens is 465 g/mol. The summed E-state index contributed by atoms with van der Waals surface area (Å²) < 4.78 is 0. The fourth-order valence-corrected chi connectivity index (χ4v) is 3.65. The molecule has 0 aliphatic rings. The second kappa shape index (κ2) is 9.82. The van der Waals surface area contributed by atoms with E-state index in [1.807, 2.05) is 19.1 Å². The van der Waals surface area contributed by atoms with Crippen molar-refractivity contribution in [2.45, 2.75) is 13.0 Å². The topological polar surface area (TPSA) is 109 Å². The Hall–Kier alpha value is -3.07. The van der Waals surface area contributed by atoms with E-state index in [9.17, 15) is 14.9 Å². The van der Waals surface area contributed by atoms with Crippen molar-refractivity contribution in [2.24, 2.45) is 0 Å². The van der Waals surface area contributed by atoms with E-state index < -0.39 is 10.8 Å². The predicted octanol–water partition coefficient (Wildman–Crippen LogP) is 5.88. The molecule has 0 aliphatic carbocycles. The SMILES string of the molecule is CC(Nc1ccc(C(=O)NNc2c(Cl)cc(Cl)cc2Cl)cc1[N+](=O)[O-])c1ccccn1. The van der Waals surface area contributed by atoms with Crippen LogP contribution < -0.4 is 16.2 Å². The summed E-state index contributed by atoms with van der Waals surface area (Å²) in [4.78, 5) is 27.7. The van der Waals surface area contributed by atoms with E-state index in [0.717, 1.165) is 5.69 Å². The number of anilines is 2. The van der Waals surface area contributed by atoms with Crippen LogP contribution in [0.25, 0.3) is 0 Å². The Labute approximate surface area is 192 Å². The Morgan fingerprint density at radius 3 is 2.42 bits per heavy atom. The van der Waals surface area contributed by atoms with Gasteiger partial charge in [-0.1, -0.05) is 40.9 Å². The minimum atomic E-state index is -0.616. The fourth-order valence-electron chi connectivity index (χ4n) is 2.74. The minimum Gasteiger partial charge on any atom is -0.371 e. The van der Waals surface area contributed by atoms with Crippen LogP contribution in [0, 0.1) is 10.1 Å². The zero-order valence-electron chi connectivity index (χ0n) is 16.0. The van der Waals surface area contributed by atoms with E-state index >= 15 is 0 Å². The Bertz CT molecular complexity index is 1110. The van der Waals surface area contributed by atoms with Gasteiger partial charge in [0, 0.05) is 22.8 Å². The number of nitro groups is 1. The van der Waals surface area contributed by atoms with Gasteiger partial charge >= 0.3 is 0 Å². The van der Waals surface area contributed by atoms with Crippen molar-refractivity contribution in [3.05, 3.63) is 91.2 Å². The summed E-state index contributed by atoms with van der Waals surface area (Å²) in [5.41, 5.74) is 6.07. The number of hydrogen-bond donors (Lipinski definition) is 3. The summed E-state index contributed by atoms with van der Waals surface area (Å²) in [6, 6.07) is 12.2. The highest BCUT2D eigenvalue weighted by Gasteiger charge is 2.20. The second-order valence-corrected chi connectivity index (χ2v) is 7.68. The maximum atomic E-state index is 12.5. The van der Waals surface area contributed by atoms with Gasteiger partial charge in [-0.2, -0.15) is 0 Å². The molecule has 31 heavy (non-hydrogen) atoms. The van der Waals surface area contributed by atoms with Crippen molar-refractivity contribution in [1.29, 1.82) is 0 Å². The molecule has 0 aliphatic heterocycles. The van der Waals surface area contributed by atoms with Gasteiger partial charge < -0.3 is 5.32 Å². The number of pyridine rings is 1. The Kier molecular flexibility index (Phi) is 7.17. The lowest BCUT2D eigenvalue weighted by molar-refractivity contribution is -0.384. The minimum absolute atomic E-state index is 0.0662. The molecule has 1 aromatic heterocycles. The first-order valence-electron chi connectivity index (χ1n) is 8.93. The molecule has 8 nitrogen and oxygen atoms in total. The molecule has 2 aromatic carbocycles. The first-order chi connectivity index (χ1) is 14.8. The average Bonchev–Trinajstić information content (AvgIpc) is 2.73. The monoisotopic (exact) mass is 479 g/mol. The molecule has 1 amide bonds. The van der Waals surface area contributed by atoms with Crippen molar-refractivity contribution in [3.63, 3.8) is 0 Å². The zero-order valence-corrected chi connectivity index (χ0v) is 18.3. The number of carbonyl (C=O) groups is 1. The van der Waals surface area contributed by atoms with E-state index in [-0.39, 0.29) is 38.7 Å². The zero-order chi connectivity index (χ0) is 22.5. The molecule has 1 unspecified atom stereocenters. The molecule has 160 valence electrons. The first-order valence-corrected chi connectivity index (χ1v) is 10.1. The molecule has 0 fully saturated rings. The van der Waals surface area contributed by atoms with Crippen molar-refractivity contribution < 1.29 is 9.72 Å². The van der Waals surface area contributed by atoms with Crippen LogP contribution >= 0.6 is 34.8 Å². The predicted molar refractivity (Wildman–Crippen MR) is 122 cm³/mol. The fraction of sp³-hybridized carbons (Fsp3) is 0.100. The number of hydrazine groups is 1. The van der Waals surface area contributed by atoms with E-state index in [1.165, 1.54) is 30.3 Å². The van der Waals surface area contributed by atoms with E-state index in [1.54, 1.807) is 12.3 Å². The lowest BCUT2D eigenvalue weighted by Crippen LogP contribution is -2.29. The van der Waals surface area contributed by atoms with Crippen molar-refractivity contribution >= 4 is 57.8 Å².